The van der Waals surface area contributed by atoms with Crippen LogP contribution in [-0.2, 0) is 0 Å². The van der Waals surface area contributed by atoms with Crippen LogP contribution in [0.15, 0.2) is 22.7 Å². The third-order valence-electron chi connectivity index (χ3n) is 4.42. The van der Waals surface area contributed by atoms with Crippen molar-refractivity contribution in [2.24, 2.45) is 10.8 Å². The third-order valence-corrected chi connectivity index (χ3v) is 5.10. The summed E-state index contributed by atoms with van der Waals surface area (Å²) in [5.74, 6) is -0.0677. The first-order chi connectivity index (χ1) is 8.16. The molecule has 1 aromatic rings. The second-order valence-corrected chi connectivity index (χ2v) is 7.36. The Bertz CT molecular complexity index is 476. The largest absolute Gasteiger partial charge is 0.348 e. The number of carbonyl (C=O) groups is 1. The van der Waals surface area contributed by atoms with Gasteiger partial charge >= 0.3 is 0 Å². The minimum atomic E-state index is -0.0677. The van der Waals surface area contributed by atoms with E-state index in [1.165, 1.54) is 0 Å². The summed E-state index contributed by atoms with van der Waals surface area (Å²) in [6.45, 7) is 8.69. The molecule has 2 rings (SSSR count). The Morgan fingerprint density at radius 2 is 1.78 bits per heavy atom. The zero-order chi connectivity index (χ0) is 13.7. The van der Waals surface area contributed by atoms with Gasteiger partial charge in [-0.15, -0.1) is 0 Å². The molecule has 0 atom stereocenters. The summed E-state index contributed by atoms with van der Waals surface area (Å²) < 4.78 is 0.814. The molecule has 0 unspecified atom stereocenters. The van der Waals surface area contributed by atoms with Crippen molar-refractivity contribution in [3.05, 3.63) is 33.3 Å². The number of hydrogen-bond donors (Lipinski definition) is 1. The van der Waals surface area contributed by atoms with Gasteiger partial charge in [0.25, 0.3) is 5.91 Å². The van der Waals surface area contributed by atoms with Crippen LogP contribution in [0.4, 0.5) is 0 Å². The molecule has 1 aliphatic carbocycles. The van der Waals surface area contributed by atoms with Crippen molar-refractivity contribution >= 4 is 33.4 Å². The standard InChI is InChI=1S/C14H17BrClNO/c1-13(2)12(14(13,3)4)17-11(18)8-5-9(15)7-10(16)6-8/h5-7,12H,1-4H3,(H,17,18). The van der Waals surface area contributed by atoms with Crippen LogP contribution in [0.1, 0.15) is 38.1 Å². The average Bonchev–Trinajstić information content (AvgIpc) is 2.59. The van der Waals surface area contributed by atoms with Crippen LogP contribution in [0.3, 0.4) is 0 Å². The van der Waals surface area contributed by atoms with Gasteiger partial charge in [-0.05, 0) is 29.0 Å². The number of carbonyl (C=O) groups excluding carboxylic acids is 1. The molecule has 1 saturated carbocycles. The lowest BCUT2D eigenvalue weighted by Gasteiger charge is -2.07. The van der Waals surface area contributed by atoms with Crippen LogP contribution in [0.2, 0.25) is 5.02 Å². The maximum absolute atomic E-state index is 12.2. The van der Waals surface area contributed by atoms with E-state index in [0.717, 1.165) is 4.47 Å². The van der Waals surface area contributed by atoms with Crippen LogP contribution in [0.5, 0.6) is 0 Å². The number of benzene rings is 1. The van der Waals surface area contributed by atoms with E-state index in [0.29, 0.717) is 10.6 Å². The fourth-order valence-corrected chi connectivity index (χ4v) is 3.32. The molecule has 0 radical (unpaired) electrons. The normalized spacial score (nSPS) is 20.6. The van der Waals surface area contributed by atoms with Crippen LogP contribution >= 0.6 is 27.5 Å². The molecule has 1 aromatic carbocycles. The van der Waals surface area contributed by atoms with Gasteiger partial charge in [-0.25, -0.2) is 0 Å². The SMILES string of the molecule is CC1(C)C(NC(=O)c2cc(Cl)cc(Br)c2)C1(C)C. The summed E-state index contributed by atoms with van der Waals surface area (Å²) in [5.41, 5.74) is 0.865. The Morgan fingerprint density at radius 3 is 2.22 bits per heavy atom. The maximum atomic E-state index is 12.2. The average molecular weight is 331 g/mol. The highest BCUT2D eigenvalue weighted by molar-refractivity contribution is 9.10. The van der Waals surface area contributed by atoms with Gasteiger partial charge in [0.15, 0.2) is 0 Å². The van der Waals surface area contributed by atoms with E-state index in [4.69, 9.17) is 11.6 Å². The Labute approximate surface area is 121 Å². The molecule has 2 nitrogen and oxygen atoms in total. The zero-order valence-electron chi connectivity index (χ0n) is 11.0. The Hall–Kier alpha value is -0.540. The van der Waals surface area contributed by atoms with Gasteiger partial charge in [0.2, 0.25) is 0 Å². The van der Waals surface area contributed by atoms with E-state index in [9.17, 15) is 4.79 Å². The van der Waals surface area contributed by atoms with E-state index in [-0.39, 0.29) is 22.8 Å². The molecule has 4 heteroatoms. The number of amides is 1. The summed E-state index contributed by atoms with van der Waals surface area (Å²) in [4.78, 5) is 12.2. The second-order valence-electron chi connectivity index (χ2n) is 6.01. The van der Waals surface area contributed by atoms with Crippen molar-refractivity contribution in [3.8, 4) is 0 Å². The molecule has 0 saturated heterocycles. The summed E-state index contributed by atoms with van der Waals surface area (Å²) in [6.07, 6.45) is 0. The van der Waals surface area contributed by atoms with E-state index in [2.05, 4.69) is 48.9 Å². The van der Waals surface area contributed by atoms with E-state index >= 15 is 0 Å². The molecule has 1 amide bonds. The highest BCUT2D eigenvalue weighted by Gasteiger charge is 2.65. The predicted molar refractivity (Wildman–Crippen MR) is 78.0 cm³/mol. The fourth-order valence-electron chi connectivity index (χ4n) is 2.46. The van der Waals surface area contributed by atoms with Crippen molar-refractivity contribution < 1.29 is 4.79 Å². The lowest BCUT2D eigenvalue weighted by molar-refractivity contribution is 0.0943. The minimum absolute atomic E-state index is 0.0677. The summed E-state index contributed by atoms with van der Waals surface area (Å²) >= 11 is 9.29. The first-order valence-corrected chi connectivity index (χ1v) is 7.10. The van der Waals surface area contributed by atoms with Gasteiger partial charge in [-0.2, -0.15) is 0 Å². The van der Waals surface area contributed by atoms with Gasteiger partial charge in [0, 0.05) is 21.1 Å². The number of nitrogens with one attached hydrogen (secondary N) is 1. The quantitative estimate of drug-likeness (QED) is 0.862. The molecule has 0 aliphatic heterocycles. The maximum Gasteiger partial charge on any atom is 0.251 e. The van der Waals surface area contributed by atoms with Gasteiger partial charge < -0.3 is 5.32 Å². The molecule has 0 heterocycles. The van der Waals surface area contributed by atoms with Gasteiger partial charge in [0.1, 0.15) is 0 Å². The van der Waals surface area contributed by atoms with Crippen molar-refractivity contribution in [1.29, 1.82) is 0 Å². The number of halogens is 2. The first-order valence-electron chi connectivity index (χ1n) is 5.93. The summed E-state index contributed by atoms with van der Waals surface area (Å²) in [6, 6.07) is 5.44. The molecule has 0 aromatic heterocycles. The van der Waals surface area contributed by atoms with Crippen LogP contribution in [0, 0.1) is 10.8 Å². The van der Waals surface area contributed by atoms with Crippen LogP contribution in [0.25, 0.3) is 0 Å². The molecular formula is C14H17BrClNO. The molecule has 1 aliphatic rings. The smallest absolute Gasteiger partial charge is 0.251 e. The lowest BCUT2D eigenvalue weighted by atomic mass is 10.0. The number of rotatable bonds is 2. The lowest BCUT2D eigenvalue weighted by Crippen LogP contribution is -2.29. The van der Waals surface area contributed by atoms with Crippen LogP contribution in [-0.4, -0.2) is 11.9 Å². The van der Waals surface area contributed by atoms with Gasteiger partial charge in [0.05, 0.1) is 0 Å². The molecule has 1 N–H and O–H groups in total. The first kappa shape index (κ1) is 13.9. The van der Waals surface area contributed by atoms with Crippen molar-refractivity contribution in [2.75, 3.05) is 0 Å². The monoisotopic (exact) mass is 329 g/mol. The zero-order valence-corrected chi connectivity index (χ0v) is 13.3. The van der Waals surface area contributed by atoms with Crippen molar-refractivity contribution in [3.63, 3.8) is 0 Å². The van der Waals surface area contributed by atoms with Crippen molar-refractivity contribution in [1.82, 2.24) is 5.32 Å². The molecule has 0 spiro atoms. The van der Waals surface area contributed by atoms with E-state index in [1.807, 2.05) is 0 Å². The predicted octanol–water partition coefficient (Wildman–Crippen LogP) is 4.27. The van der Waals surface area contributed by atoms with Crippen molar-refractivity contribution in [2.45, 2.75) is 33.7 Å². The Kier molecular flexibility index (Phi) is 3.27. The number of hydrogen-bond acceptors (Lipinski definition) is 1. The molecular weight excluding hydrogens is 314 g/mol. The second kappa shape index (κ2) is 4.24. The Morgan fingerprint density at radius 1 is 1.22 bits per heavy atom. The Balaban J connectivity index is 2.15. The molecule has 1 fully saturated rings. The van der Waals surface area contributed by atoms with E-state index in [1.54, 1.807) is 18.2 Å². The van der Waals surface area contributed by atoms with Gasteiger partial charge in [-0.3, -0.25) is 4.79 Å². The highest BCUT2D eigenvalue weighted by Crippen LogP contribution is 2.62. The van der Waals surface area contributed by atoms with E-state index < -0.39 is 0 Å². The molecule has 18 heavy (non-hydrogen) atoms. The summed E-state index contributed by atoms with van der Waals surface area (Å²) in [5, 5.41) is 3.65. The summed E-state index contributed by atoms with van der Waals surface area (Å²) in [7, 11) is 0. The topological polar surface area (TPSA) is 29.1 Å². The highest BCUT2D eigenvalue weighted by atomic mass is 79.9. The molecule has 98 valence electrons. The minimum Gasteiger partial charge on any atom is -0.348 e. The molecule has 0 bridgehead atoms. The van der Waals surface area contributed by atoms with Crippen LogP contribution < -0.4 is 5.32 Å². The third kappa shape index (κ3) is 2.19. The van der Waals surface area contributed by atoms with Gasteiger partial charge in [-0.1, -0.05) is 55.2 Å². The fraction of sp³-hybridized carbons (Fsp3) is 0.500.